The molecule has 0 saturated carbocycles. The highest BCUT2D eigenvalue weighted by atomic mass is 32.2. The third-order valence-electron chi connectivity index (χ3n) is 4.53. The van der Waals surface area contributed by atoms with Gasteiger partial charge in [0.25, 0.3) is 0 Å². The number of hydrogen-bond acceptors (Lipinski definition) is 4. The summed E-state index contributed by atoms with van der Waals surface area (Å²) in [5.74, 6) is 1.30. The number of benzene rings is 2. The summed E-state index contributed by atoms with van der Waals surface area (Å²) < 4.78 is 2.10. The average Bonchev–Trinajstić information content (AvgIpc) is 3.13. The highest BCUT2D eigenvalue weighted by molar-refractivity contribution is 7.99. The van der Waals surface area contributed by atoms with E-state index in [1.54, 1.807) is 0 Å². The monoisotopic (exact) mass is 394 g/mol. The lowest BCUT2D eigenvalue weighted by molar-refractivity contribution is -0.118. The number of rotatable bonds is 9. The number of thioether (sulfide) groups is 1. The predicted octanol–water partition coefficient (Wildman–Crippen LogP) is 3.80. The van der Waals surface area contributed by atoms with Gasteiger partial charge in [-0.15, -0.1) is 10.2 Å². The molecule has 1 amide bonds. The van der Waals surface area contributed by atoms with Crippen LogP contribution in [0.1, 0.15) is 29.4 Å². The molecule has 0 unspecified atom stereocenters. The van der Waals surface area contributed by atoms with Crippen molar-refractivity contribution >= 4 is 17.7 Å². The van der Waals surface area contributed by atoms with Crippen molar-refractivity contribution < 1.29 is 4.79 Å². The number of hydrogen-bond donors (Lipinski definition) is 1. The third kappa shape index (κ3) is 5.70. The average molecular weight is 395 g/mol. The van der Waals surface area contributed by atoms with E-state index in [9.17, 15) is 4.79 Å². The van der Waals surface area contributed by atoms with E-state index in [-0.39, 0.29) is 5.91 Å². The van der Waals surface area contributed by atoms with Crippen LogP contribution in [0.25, 0.3) is 0 Å². The molecule has 0 saturated heterocycles. The zero-order valence-electron chi connectivity index (χ0n) is 16.4. The molecule has 146 valence electrons. The van der Waals surface area contributed by atoms with Crippen LogP contribution in [0.2, 0.25) is 0 Å². The molecular formula is C22H26N4OS. The number of carbonyl (C=O) groups excluding carboxylic acids is 1. The molecular weight excluding hydrogens is 368 g/mol. The third-order valence-corrected chi connectivity index (χ3v) is 5.50. The van der Waals surface area contributed by atoms with E-state index in [2.05, 4.69) is 70.3 Å². The van der Waals surface area contributed by atoms with Gasteiger partial charge in [0.2, 0.25) is 5.91 Å². The SMILES string of the molecule is CCn1c(CCc2ccccc2)nnc1SCC(=O)NCc1ccc(C)cc1. The zero-order chi connectivity index (χ0) is 19.8. The number of nitrogens with one attached hydrogen (secondary N) is 1. The molecule has 0 atom stereocenters. The van der Waals surface area contributed by atoms with Crippen molar-refractivity contribution in [2.24, 2.45) is 0 Å². The van der Waals surface area contributed by atoms with Gasteiger partial charge in [-0.2, -0.15) is 0 Å². The summed E-state index contributed by atoms with van der Waals surface area (Å²) in [7, 11) is 0. The molecule has 6 heteroatoms. The molecule has 28 heavy (non-hydrogen) atoms. The van der Waals surface area contributed by atoms with Crippen molar-refractivity contribution in [3.8, 4) is 0 Å². The Bertz CT molecular complexity index is 891. The minimum absolute atomic E-state index is 0.00191. The van der Waals surface area contributed by atoms with Crippen LogP contribution in [-0.4, -0.2) is 26.4 Å². The van der Waals surface area contributed by atoms with Crippen molar-refractivity contribution in [3.63, 3.8) is 0 Å². The summed E-state index contributed by atoms with van der Waals surface area (Å²) >= 11 is 1.44. The summed E-state index contributed by atoms with van der Waals surface area (Å²) in [4.78, 5) is 12.2. The first-order chi connectivity index (χ1) is 13.7. The first-order valence-electron chi connectivity index (χ1n) is 9.56. The van der Waals surface area contributed by atoms with Gasteiger partial charge in [0.05, 0.1) is 5.75 Å². The van der Waals surface area contributed by atoms with Gasteiger partial charge in [-0.05, 0) is 31.4 Å². The lowest BCUT2D eigenvalue weighted by Gasteiger charge is -2.08. The Labute approximate surface area is 170 Å². The molecule has 3 rings (SSSR count). The maximum Gasteiger partial charge on any atom is 0.230 e. The van der Waals surface area contributed by atoms with Crippen LogP contribution in [0.5, 0.6) is 0 Å². The van der Waals surface area contributed by atoms with Crippen molar-refractivity contribution in [2.45, 2.75) is 44.9 Å². The van der Waals surface area contributed by atoms with Gasteiger partial charge in [0, 0.05) is 19.5 Å². The Morgan fingerprint density at radius 2 is 1.75 bits per heavy atom. The predicted molar refractivity (Wildman–Crippen MR) is 113 cm³/mol. The Morgan fingerprint density at radius 1 is 1.00 bits per heavy atom. The topological polar surface area (TPSA) is 59.8 Å². The van der Waals surface area contributed by atoms with Crippen molar-refractivity contribution in [3.05, 3.63) is 77.1 Å². The second kappa shape index (κ2) is 10.1. The van der Waals surface area contributed by atoms with E-state index < -0.39 is 0 Å². The van der Waals surface area contributed by atoms with Gasteiger partial charge < -0.3 is 9.88 Å². The molecule has 0 aliphatic rings. The Hall–Kier alpha value is -2.60. The standard InChI is InChI=1S/C22H26N4OS/c1-3-26-20(14-13-18-7-5-4-6-8-18)24-25-22(26)28-16-21(27)23-15-19-11-9-17(2)10-12-19/h4-12H,3,13-16H2,1-2H3,(H,23,27). The number of amides is 1. The van der Waals surface area contributed by atoms with Crippen LogP contribution in [0, 0.1) is 6.92 Å². The van der Waals surface area contributed by atoms with Gasteiger partial charge in [0.1, 0.15) is 5.82 Å². The Morgan fingerprint density at radius 3 is 2.46 bits per heavy atom. The normalized spacial score (nSPS) is 10.8. The molecule has 1 heterocycles. The fourth-order valence-corrected chi connectivity index (χ4v) is 3.77. The van der Waals surface area contributed by atoms with Gasteiger partial charge in [-0.1, -0.05) is 71.9 Å². The fourth-order valence-electron chi connectivity index (χ4n) is 2.92. The maximum atomic E-state index is 12.2. The Balaban J connectivity index is 1.50. The zero-order valence-corrected chi connectivity index (χ0v) is 17.2. The fraction of sp³-hybridized carbons (Fsp3) is 0.318. The summed E-state index contributed by atoms with van der Waals surface area (Å²) in [5, 5.41) is 12.4. The van der Waals surface area contributed by atoms with Gasteiger partial charge in [-0.25, -0.2) is 0 Å². The highest BCUT2D eigenvalue weighted by Gasteiger charge is 2.13. The highest BCUT2D eigenvalue weighted by Crippen LogP contribution is 2.18. The van der Waals surface area contributed by atoms with Crippen molar-refractivity contribution in [1.82, 2.24) is 20.1 Å². The van der Waals surface area contributed by atoms with E-state index in [4.69, 9.17) is 0 Å². The molecule has 0 fully saturated rings. The quantitative estimate of drug-likeness (QED) is 0.561. The molecule has 0 bridgehead atoms. The largest absolute Gasteiger partial charge is 0.351 e. The van der Waals surface area contributed by atoms with Crippen LogP contribution < -0.4 is 5.32 Å². The van der Waals surface area contributed by atoms with E-state index >= 15 is 0 Å². The minimum Gasteiger partial charge on any atom is -0.351 e. The van der Waals surface area contributed by atoms with Crippen molar-refractivity contribution in [2.75, 3.05) is 5.75 Å². The molecule has 1 aromatic heterocycles. The number of nitrogens with zero attached hydrogens (tertiary/aromatic N) is 3. The molecule has 0 aliphatic heterocycles. The first-order valence-corrected chi connectivity index (χ1v) is 10.6. The van der Waals surface area contributed by atoms with Gasteiger partial charge in [-0.3, -0.25) is 4.79 Å². The summed E-state index contributed by atoms with van der Waals surface area (Å²) in [6, 6.07) is 18.6. The first kappa shape index (κ1) is 20.1. The second-order valence-corrected chi connectivity index (χ2v) is 7.62. The van der Waals surface area contributed by atoms with E-state index in [0.717, 1.165) is 35.9 Å². The van der Waals surface area contributed by atoms with E-state index in [1.165, 1.54) is 22.9 Å². The molecule has 0 radical (unpaired) electrons. The molecule has 0 aliphatic carbocycles. The number of aryl methyl sites for hydroxylation is 3. The van der Waals surface area contributed by atoms with Crippen LogP contribution in [0.15, 0.2) is 59.8 Å². The van der Waals surface area contributed by atoms with Crippen molar-refractivity contribution in [1.29, 1.82) is 0 Å². The van der Waals surface area contributed by atoms with Crippen LogP contribution in [0.3, 0.4) is 0 Å². The van der Waals surface area contributed by atoms with E-state index in [1.807, 2.05) is 18.2 Å². The van der Waals surface area contributed by atoms with Gasteiger partial charge >= 0.3 is 0 Å². The smallest absolute Gasteiger partial charge is 0.230 e. The molecule has 5 nitrogen and oxygen atoms in total. The second-order valence-electron chi connectivity index (χ2n) is 6.68. The minimum atomic E-state index is 0.00191. The lowest BCUT2D eigenvalue weighted by Crippen LogP contribution is -2.24. The van der Waals surface area contributed by atoms with E-state index in [0.29, 0.717) is 12.3 Å². The number of aromatic nitrogens is 3. The number of carbonyl (C=O) groups is 1. The van der Waals surface area contributed by atoms with Crippen LogP contribution >= 0.6 is 11.8 Å². The van der Waals surface area contributed by atoms with Crippen LogP contribution in [-0.2, 0) is 30.7 Å². The molecule has 1 N–H and O–H groups in total. The summed E-state index contributed by atoms with van der Waals surface area (Å²) in [6.07, 6.45) is 1.77. The molecule has 2 aromatic carbocycles. The molecule has 0 spiro atoms. The Kier molecular flexibility index (Phi) is 7.25. The summed E-state index contributed by atoms with van der Waals surface area (Å²) in [5.41, 5.74) is 3.61. The maximum absolute atomic E-state index is 12.2. The lowest BCUT2D eigenvalue weighted by atomic mass is 10.1. The van der Waals surface area contributed by atoms with Gasteiger partial charge in [0.15, 0.2) is 5.16 Å². The summed E-state index contributed by atoms with van der Waals surface area (Å²) in [6.45, 7) is 5.47. The van der Waals surface area contributed by atoms with Crippen LogP contribution in [0.4, 0.5) is 0 Å². The molecule has 3 aromatic rings.